The molecular formula is C18H29IN4O. The number of aliphatic imine (C=N–C) groups is 1. The first-order valence-electron chi connectivity index (χ1n) is 8.57. The number of hydrogen-bond acceptors (Lipinski definition) is 2. The number of benzene rings is 1. The third-order valence-electron chi connectivity index (χ3n) is 4.30. The summed E-state index contributed by atoms with van der Waals surface area (Å²) in [4.78, 5) is 16.0. The van der Waals surface area contributed by atoms with Crippen molar-refractivity contribution < 1.29 is 4.79 Å². The van der Waals surface area contributed by atoms with Crippen molar-refractivity contribution in [3.63, 3.8) is 0 Å². The van der Waals surface area contributed by atoms with Crippen molar-refractivity contribution in [2.45, 2.75) is 58.4 Å². The lowest BCUT2D eigenvalue weighted by Crippen LogP contribution is -2.32. The molecule has 0 radical (unpaired) electrons. The molecule has 1 atom stereocenters. The number of halogens is 1. The summed E-state index contributed by atoms with van der Waals surface area (Å²) < 4.78 is 0. The van der Waals surface area contributed by atoms with Crippen molar-refractivity contribution in [1.82, 2.24) is 5.32 Å². The molecule has 0 bridgehead atoms. The van der Waals surface area contributed by atoms with Gasteiger partial charge in [-0.15, -0.1) is 24.0 Å². The molecule has 0 saturated carbocycles. The molecule has 0 fully saturated rings. The molecule has 1 aromatic rings. The Labute approximate surface area is 161 Å². The molecule has 24 heavy (non-hydrogen) atoms. The van der Waals surface area contributed by atoms with Crippen molar-refractivity contribution in [2.24, 2.45) is 10.7 Å². The molecule has 134 valence electrons. The van der Waals surface area contributed by atoms with Gasteiger partial charge in [0.1, 0.15) is 0 Å². The lowest BCUT2D eigenvalue weighted by Gasteiger charge is -2.19. The van der Waals surface area contributed by atoms with Gasteiger partial charge >= 0.3 is 0 Å². The van der Waals surface area contributed by atoms with Gasteiger partial charge in [-0.3, -0.25) is 9.79 Å². The topological polar surface area (TPSA) is 79.5 Å². The van der Waals surface area contributed by atoms with Crippen LogP contribution in [0.25, 0.3) is 0 Å². The van der Waals surface area contributed by atoms with Crippen molar-refractivity contribution in [3.05, 3.63) is 29.3 Å². The number of hydrogen-bond donors (Lipinski definition) is 3. The maximum atomic E-state index is 11.7. The normalized spacial score (nSPS) is 15.0. The summed E-state index contributed by atoms with van der Waals surface area (Å²) in [5, 5.41) is 6.12. The zero-order chi connectivity index (χ0) is 16.7. The van der Waals surface area contributed by atoms with Gasteiger partial charge in [0.15, 0.2) is 5.96 Å². The molecule has 6 heteroatoms. The molecule has 4 N–H and O–H groups in total. The van der Waals surface area contributed by atoms with E-state index >= 15 is 0 Å². The van der Waals surface area contributed by atoms with Gasteiger partial charge in [0.25, 0.3) is 0 Å². The number of carbonyl (C=O) groups is 1. The largest absolute Gasteiger partial charge is 0.370 e. The number of nitrogens with zero attached hydrogens (tertiary/aromatic N) is 1. The van der Waals surface area contributed by atoms with Crippen LogP contribution in [0.15, 0.2) is 23.2 Å². The molecule has 0 spiro atoms. The van der Waals surface area contributed by atoms with Gasteiger partial charge in [0.05, 0.1) is 6.54 Å². The second-order valence-electron chi connectivity index (χ2n) is 6.17. The molecule has 5 nitrogen and oxygen atoms in total. The number of anilines is 1. The van der Waals surface area contributed by atoms with Crippen LogP contribution in [0, 0.1) is 0 Å². The van der Waals surface area contributed by atoms with Gasteiger partial charge in [0, 0.05) is 18.2 Å². The van der Waals surface area contributed by atoms with Crippen molar-refractivity contribution in [1.29, 1.82) is 0 Å². The van der Waals surface area contributed by atoms with E-state index in [1.54, 1.807) is 0 Å². The van der Waals surface area contributed by atoms with Crippen molar-refractivity contribution >= 4 is 41.5 Å². The van der Waals surface area contributed by atoms with Gasteiger partial charge in [-0.2, -0.15) is 0 Å². The van der Waals surface area contributed by atoms with Crippen LogP contribution < -0.4 is 16.4 Å². The number of fused-ring (bicyclic) bond motifs is 1. The molecule has 0 aliphatic heterocycles. The summed E-state index contributed by atoms with van der Waals surface area (Å²) in [6.07, 6.45) is 5.99. The third-order valence-corrected chi connectivity index (χ3v) is 4.30. The summed E-state index contributed by atoms with van der Waals surface area (Å²) in [7, 11) is 0. The van der Waals surface area contributed by atoms with Gasteiger partial charge in [-0.05, 0) is 56.2 Å². The Bertz CT molecular complexity index is 574. The molecule has 0 heterocycles. The lowest BCUT2D eigenvalue weighted by atomic mass is 9.90. The first-order valence-corrected chi connectivity index (χ1v) is 8.57. The highest BCUT2D eigenvalue weighted by atomic mass is 127. The van der Waals surface area contributed by atoms with Crippen LogP contribution in [0.3, 0.4) is 0 Å². The van der Waals surface area contributed by atoms with E-state index in [-0.39, 0.29) is 35.9 Å². The minimum Gasteiger partial charge on any atom is -0.370 e. The summed E-state index contributed by atoms with van der Waals surface area (Å²) in [5.74, 6) is 0.397. The van der Waals surface area contributed by atoms with Crippen LogP contribution in [-0.2, 0) is 17.6 Å². The number of carbonyl (C=O) groups excluding carboxylic acids is 1. The van der Waals surface area contributed by atoms with Crippen molar-refractivity contribution in [3.8, 4) is 0 Å². The SMILES string of the molecule is CCC(C)NC(=O)CCN=C(N)Nc1cccc2c1CCCC2.I. The standard InChI is InChI=1S/C18H28N4O.HI/c1-3-13(2)21-17(23)11-12-20-18(19)22-16-10-6-8-14-7-4-5-9-15(14)16;/h6,8,10,13H,3-5,7,9,11-12H2,1-2H3,(H,21,23)(H3,19,20,22);1H. The van der Waals surface area contributed by atoms with Gasteiger partial charge in [0.2, 0.25) is 5.91 Å². The summed E-state index contributed by atoms with van der Waals surface area (Å²) in [6, 6.07) is 6.49. The van der Waals surface area contributed by atoms with Gasteiger partial charge in [-0.25, -0.2) is 0 Å². The predicted molar refractivity (Wildman–Crippen MR) is 111 cm³/mol. The van der Waals surface area contributed by atoms with E-state index in [9.17, 15) is 4.79 Å². The molecule has 0 aromatic heterocycles. The van der Waals surface area contributed by atoms with Crippen LogP contribution in [0.1, 0.15) is 50.7 Å². The van der Waals surface area contributed by atoms with Crippen LogP contribution in [0.2, 0.25) is 0 Å². The third kappa shape index (κ3) is 6.30. The van der Waals surface area contributed by atoms with Gasteiger partial charge < -0.3 is 16.4 Å². The van der Waals surface area contributed by atoms with Crippen LogP contribution in [-0.4, -0.2) is 24.5 Å². The molecular weight excluding hydrogens is 415 g/mol. The number of rotatable bonds is 6. The minimum atomic E-state index is 0. The van der Waals surface area contributed by atoms with E-state index in [0.29, 0.717) is 18.9 Å². The van der Waals surface area contributed by atoms with E-state index in [1.807, 2.05) is 19.9 Å². The van der Waals surface area contributed by atoms with E-state index in [2.05, 4.69) is 27.8 Å². The summed E-state index contributed by atoms with van der Waals surface area (Å²) >= 11 is 0. The Hall–Kier alpha value is -1.31. The second-order valence-corrected chi connectivity index (χ2v) is 6.17. The Kier molecular flexibility index (Phi) is 9.10. The summed E-state index contributed by atoms with van der Waals surface area (Å²) in [6.45, 7) is 4.44. The first-order chi connectivity index (χ1) is 11.1. The van der Waals surface area contributed by atoms with Crippen LogP contribution >= 0.6 is 24.0 Å². The number of nitrogens with one attached hydrogen (secondary N) is 2. The van der Waals surface area contributed by atoms with Gasteiger partial charge in [-0.1, -0.05) is 19.1 Å². The minimum absolute atomic E-state index is 0. The molecule has 1 amide bonds. The first kappa shape index (κ1) is 20.7. The fraction of sp³-hybridized carbons (Fsp3) is 0.556. The highest BCUT2D eigenvalue weighted by Crippen LogP contribution is 2.27. The number of amides is 1. The zero-order valence-corrected chi connectivity index (χ0v) is 16.9. The Morgan fingerprint density at radius 2 is 2.08 bits per heavy atom. The monoisotopic (exact) mass is 444 g/mol. The maximum Gasteiger partial charge on any atom is 0.222 e. The van der Waals surface area contributed by atoms with E-state index in [1.165, 1.54) is 24.0 Å². The quantitative estimate of drug-likeness (QED) is 0.358. The number of guanidine groups is 1. The average molecular weight is 444 g/mol. The smallest absolute Gasteiger partial charge is 0.222 e. The second kappa shape index (κ2) is 10.5. The highest BCUT2D eigenvalue weighted by Gasteiger charge is 2.13. The fourth-order valence-corrected chi connectivity index (χ4v) is 2.80. The number of nitrogens with two attached hydrogens (primary N) is 1. The highest BCUT2D eigenvalue weighted by molar-refractivity contribution is 14.0. The fourth-order valence-electron chi connectivity index (χ4n) is 2.80. The molecule has 2 rings (SSSR count). The molecule has 1 aliphatic carbocycles. The lowest BCUT2D eigenvalue weighted by molar-refractivity contribution is -0.121. The van der Waals surface area contributed by atoms with Crippen molar-refractivity contribution in [2.75, 3.05) is 11.9 Å². The van der Waals surface area contributed by atoms with E-state index in [0.717, 1.165) is 24.9 Å². The molecule has 1 aromatic carbocycles. The van der Waals surface area contributed by atoms with Crippen LogP contribution in [0.5, 0.6) is 0 Å². The predicted octanol–water partition coefficient (Wildman–Crippen LogP) is 3.21. The average Bonchev–Trinajstić information content (AvgIpc) is 2.55. The Morgan fingerprint density at radius 1 is 1.33 bits per heavy atom. The van der Waals surface area contributed by atoms with E-state index in [4.69, 9.17) is 5.73 Å². The zero-order valence-electron chi connectivity index (χ0n) is 14.6. The number of aryl methyl sites for hydroxylation is 1. The molecule has 1 unspecified atom stereocenters. The maximum absolute atomic E-state index is 11.7. The molecule has 0 saturated heterocycles. The Balaban J connectivity index is 0.00000288. The van der Waals surface area contributed by atoms with E-state index < -0.39 is 0 Å². The molecule has 1 aliphatic rings. The summed E-state index contributed by atoms with van der Waals surface area (Å²) in [5.41, 5.74) is 9.77. The van der Waals surface area contributed by atoms with Crippen LogP contribution in [0.4, 0.5) is 5.69 Å². The Morgan fingerprint density at radius 3 is 2.83 bits per heavy atom.